The van der Waals surface area contributed by atoms with E-state index in [1.54, 1.807) is 6.42 Å². The van der Waals surface area contributed by atoms with Crippen molar-refractivity contribution in [2.75, 3.05) is 0 Å². The molecule has 4 bridgehead atoms. The van der Waals surface area contributed by atoms with Crippen LogP contribution in [-0.2, 0) is 0 Å². The molecule has 2 nitrogen and oxygen atoms in total. The maximum atomic E-state index is 6.36. The zero-order chi connectivity index (χ0) is 13.5. The summed E-state index contributed by atoms with van der Waals surface area (Å²) < 4.78 is 0. The molecule has 1 atom stereocenters. The summed E-state index contributed by atoms with van der Waals surface area (Å²) in [4.78, 5) is 4.19. The zero-order valence-corrected chi connectivity index (χ0v) is 12.2. The van der Waals surface area contributed by atoms with E-state index in [2.05, 4.69) is 11.1 Å². The van der Waals surface area contributed by atoms with Crippen molar-refractivity contribution < 1.29 is 0 Å². The number of rotatable bonds is 4. The van der Waals surface area contributed by atoms with E-state index in [-0.39, 0.29) is 6.04 Å². The van der Waals surface area contributed by atoms with Gasteiger partial charge in [-0.15, -0.1) is 0 Å². The summed E-state index contributed by atoms with van der Waals surface area (Å²) in [6.45, 7) is 0. The molecule has 0 aliphatic heterocycles. The highest BCUT2D eigenvalue weighted by molar-refractivity contribution is 5.13. The van der Waals surface area contributed by atoms with Crippen molar-refractivity contribution in [2.45, 2.75) is 51.0 Å². The Balaban J connectivity index is 1.38. The van der Waals surface area contributed by atoms with Crippen molar-refractivity contribution in [1.82, 2.24) is 4.98 Å². The second-order valence-electron chi connectivity index (χ2n) is 7.56. The summed E-state index contributed by atoms with van der Waals surface area (Å²) in [7, 11) is 0. The maximum absolute atomic E-state index is 6.36. The fourth-order valence-corrected chi connectivity index (χ4v) is 5.64. The van der Waals surface area contributed by atoms with Crippen LogP contribution in [0, 0.1) is 29.6 Å². The molecule has 108 valence electrons. The summed E-state index contributed by atoms with van der Waals surface area (Å²) in [6, 6.07) is 4.30. The van der Waals surface area contributed by atoms with Gasteiger partial charge in [-0.3, -0.25) is 4.98 Å². The predicted octanol–water partition coefficient (Wildman–Crippen LogP) is 3.93. The molecule has 0 radical (unpaired) electrons. The van der Waals surface area contributed by atoms with Gasteiger partial charge in [0, 0.05) is 18.4 Å². The highest BCUT2D eigenvalue weighted by Crippen LogP contribution is 2.57. The Morgan fingerprint density at radius 3 is 2.40 bits per heavy atom. The van der Waals surface area contributed by atoms with E-state index in [9.17, 15) is 0 Å². The van der Waals surface area contributed by atoms with Crippen LogP contribution in [0.1, 0.15) is 56.6 Å². The number of nitrogens with zero attached hydrogens (tertiary/aromatic N) is 1. The first kappa shape index (κ1) is 12.8. The van der Waals surface area contributed by atoms with Crippen molar-refractivity contribution in [3.8, 4) is 0 Å². The highest BCUT2D eigenvalue weighted by atomic mass is 14.7. The summed E-state index contributed by atoms with van der Waals surface area (Å²) in [5.41, 5.74) is 7.56. The normalized spacial score (nSPS) is 40.0. The fraction of sp³-hybridized carbons (Fsp3) is 0.722. The van der Waals surface area contributed by atoms with Crippen molar-refractivity contribution in [2.24, 2.45) is 35.3 Å². The molecule has 4 saturated carbocycles. The highest BCUT2D eigenvalue weighted by Gasteiger charge is 2.47. The molecule has 4 fully saturated rings. The first-order valence-electron chi connectivity index (χ1n) is 8.45. The Bertz CT molecular complexity index is 428. The molecule has 2 N–H and O–H groups in total. The van der Waals surface area contributed by atoms with Gasteiger partial charge in [0.2, 0.25) is 0 Å². The zero-order valence-electron chi connectivity index (χ0n) is 12.2. The molecule has 4 aliphatic carbocycles. The lowest BCUT2D eigenvalue weighted by Gasteiger charge is -2.54. The van der Waals surface area contributed by atoms with Crippen molar-refractivity contribution in [1.29, 1.82) is 0 Å². The van der Waals surface area contributed by atoms with E-state index in [1.165, 1.54) is 37.7 Å². The number of pyridine rings is 1. The van der Waals surface area contributed by atoms with E-state index >= 15 is 0 Å². The minimum Gasteiger partial charge on any atom is -0.324 e. The molecule has 0 spiro atoms. The van der Waals surface area contributed by atoms with Gasteiger partial charge in [0.15, 0.2) is 0 Å². The largest absolute Gasteiger partial charge is 0.324 e. The third-order valence-electron chi connectivity index (χ3n) is 6.35. The molecule has 1 aromatic rings. The molecule has 5 rings (SSSR count). The summed E-state index contributed by atoms with van der Waals surface area (Å²) in [5, 5.41) is 0. The molecule has 1 unspecified atom stereocenters. The molecule has 1 aromatic heterocycles. The van der Waals surface area contributed by atoms with Crippen molar-refractivity contribution in [3.05, 3.63) is 30.1 Å². The Labute approximate surface area is 122 Å². The Hall–Kier alpha value is -0.890. The quantitative estimate of drug-likeness (QED) is 0.900. The van der Waals surface area contributed by atoms with Crippen LogP contribution in [0.25, 0.3) is 0 Å². The van der Waals surface area contributed by atoms with Gasteiger partial charge in [0.25, 0.3) is 0 Å². The Morgan fingerprint density at radius 1 is 1.10 bits per heavy atom. The van der Waals surface area contributed by atoms with Gasteiger partial charge in [-0.05, 0) is 86.2 Å². The molecule has 1 heterocycles. The first-order chi connectivity index (χ1) is 9.79. The summed E-state index contributed by atoms with van der Waals surface area (Å²) >= 11 is 0. The molecule has 2 heteroatoms. The van der Waals surface area contributed by atoms with Gasteiger partial charge in [-0.1, -0.05) is 6.07 Å². The second-order valence-corrected chi connectivity index (χ2v) is 7.56. The van der Waals surface area contributed by atoms with E-state index in [0.717, 1.165) is 36.0 Å². The van der Waals surface area contributed by atoms with Crippen molar-refractivity contribution >= 4 is 0 Å². The first-order valence-corrected chi connectivity index (χ1v) is 8.45. The van der Waals surface area contributed by atoms with Crippen LogP contribution < -0.4 is 5.73 Å². The molecule has 4 aliphatic rings. The Morgan fingerprint density at radius 2 is 1.80 bits per heavy atom. The number of hydrogen-bond acceptors (Lipinski definition) is 2. The Kier molecular flexibility index (Phi) is 3.30. The van der Waals surface area contributed by atoms with Gasteiger partial charge in [-0.25, -0.2) is 0 Å². The lowest BCUT2D eigenvalue weighted by molar-refractivity contribution is -0.0408. The standard InChI is InChI=1S/C18H26N2/c19-18(14-2-1-5-20-11-14)4-3-17-15-7-12-6-13(9-15)10-16(17)8-12/h1-2,5,11-13,15-18H,3-4,6-10,19H2. The van der Waals surface area contributed by atoms with E-state index < -0.39 is 0 Å². The summed E-state index contributed by atoms with van der Waals surface area (Å²) in [6.07, 6.45) is 13.9. The molecule has 0 saturated heterocycles. The third-order valence-corrected chi connectivity index (χ3v) is 6.35. The van der Waals surface area contributed by atoms with Crippen molar-refractivity contribution in [3.63, 3.8) is 0 Å². The van der Waals surface area contributed by atoms with Crippen LogP contribution in [0.2, 0.25) is 0 Å². The average Bonchev–Trinajstić information content (AvgIpc) is 2.46. The van der Waals surface area contributed by atoms with Gasteiger partial charge >= 0.3 is 0 Å². The minimum atomic E-state index is 0.181. The van der Waals surface area contributed by atoms with Gasteiger partial charge in [0.1, 0.15) is 0 Å². The number of hydrogen-bond donors (Lipinski definition) is 1. The molecule has 0 aromatic carbocycles. The van der Waals surface area contributed by atoms with Gasteiger partial charge in [0.05, 0.1) is 0 Å². The second kappa shape index (κ2) is 5.14. The molecular weight excluding hydrogens is 244 g/mol. The topological polar surface area (TPSA) is 38.9 Å². The van der Waals surface area contributed by atoms with E-state index in [4.69, 9.17) is 5.73 Å². The van der Waals surface area contributed by atoms with E-state index in [1.807, 2.05) is 18.5 Å². The average molecular weight is 270 g/mol. The summed E-state index contributed by atoms with van der Waals surface area (Å²) in [5.74, 6) is 5.21. The fourth-order valence-electron chi connectivity index (χ4n) is 5.64. The van der Waals surface area contributed by atoms with Gasteiger partial charge < -0.3 is 5.73 Å². The SMILES string of the molecule is NC(CCC1C2CC3CC(C2)CC1C3)c1cccnc1. The lowest BCUT2D eigenvalue weighted by atomic mass is 9.51. The van der Waals surface area contributed by atoms with Crippen LogP contribution in [0.4, 0.5) is 0 Å². The van der Waals surface area contributed by atoms with Gasteiger partial charge in [-0.2, -0.15) is 0 Å². The smallest absolute Gasteiger partial charge is 0.0315 e. The molecule has 20 heavy (non-hydrogen) atoms. The monoisotopic (exact) mass is 270 g/mol. The maximum Gasteiger partial charge on any atom is 0.0315 e. The number of aromatic nitrogens is 1. The third kappa shape index (κ3) is 2.28. The van der Waals surface area contributed by atoms with Crippen LogP contribution in [0.3, 0.4) is 0 Å². The molecular formula is C18H26N2. The van der Waals surface area contributed by atoms with Crippen LogP contribution in [0.5, 0.6) is 0 Å². The predicted molar refractivity (Wildman–Crippen MR) is 80.9 cm³/mol. The lowest BCUT2D eigenvalue weighted by Crippen LogP contribution is -2.45. The van der Waals surface area contributed by atoms with E-state index in [0.29, 0.717) is 0 Å². The van der Waals surface area contributed by atoms with Crippen LogP contribution in [-0.4, -0.2) is 4.98 Å². The van der Waals surface area contributed by atoms with Crippen LogP contribution >= 0.6 is 0 Å². The number of nitrogens with two attached hydrogens (primary N) is 1. The van der Waals surface area contributed by atoms with Crippen LogP contribution in [0.15, 0.2) is 24.5 Å². The minimum absolute atomic E-state index is 0.181. The molecule has 0 amide bonds.